The highest BCUT2D eigenvalue weighted by atomic mass is 16.6. The average molecular weight is 730 g/mol. The van der Waals surface area contributed by atoms with E-state index in [1.54, 1.807) is 83.1 Å². The van der Waals surface area contributed by atoms with Crippen LogP contribution in [0.2, 0.25) is 0 Å². The van der Waals surface area contributed by atoms with E-state index in [2.05, 4.69) is 27.8 Å². The summed E-state index contributed by atoms with van der Waals surface area (Å²) >= 11 is 0. The van der Waals surface area contributed by atoms with E-state index in [4.69, 9.17) is 18.9 Å². The van der Waals surface area contributed by atoms with Crippen LogP contribution in [0.25, 0.3) is 0 Å². The SMILES string of the molecule is C=CN(CC(=O)N(CCNC(=O)OC(C)(C)C)CCNC(=O)OC(C)(C)C)CC(=O)N(CCNC(=O)OC(C)(C)C)CCNC(=O)OC(C)(C)C. The number of nitrogens with zero attached hydrogens (tertiary/aromatic N) is 3. The Morgan fingerprint density at radius 2 is 0.686 bits per heavy atom. The van der Waals surface area contributed by atoms with E-state index in [1.165, 1.54) is 20.9 Å². The van der Waals surface area contributed by atoms with Gasteiger partial charge in [0.2, 0.25) is 11.8 Å². The zero-order valence-corrected chi connectivity index (χ0v) is 32.8. The number of ether oxygens (including phenoxy) is 4. The molecule has 0 unspecified atom stereocenters. The lowest BCUT2D eigenvalue weighted by atomic mass is 10.2. The van der Waals surface area contributed by atoms with Crippen LogP contribution in [0.5, 0.6) is 0 Å². The second kappa shape index (κ2) is 21.0. The summed E-state index contributed by atoms with van der Waals surface area (Å²) < 4.78 is 21.0. The molecule has 0 radical (unpaired) electrons. The predicted octanol–water partition coefficient (Wildman–Crippen LogP) is 3.19. The Balaban J connectivity index is 5.65. The number of hydrogen-bond acceptors (Lipinski definition) is 11. The van der Waals surface area contributed by atoms with Crippen LogP contribution >= 0.6 is 0 Å². The van der Waals surface area contributed by atoms with Crippen molar-refractivity contribution >= 4 is 36.2 Å². The molecule has 51 heavy (non-hydrogen) atoms. The first-order valence-electron chi connectivity index (χ1n) is 17.0. The fraction of sp³-hybridized carbons (Fsp3) is 0.765. The van der Waals surface area contributed by atoms with Crippen LogP contribution in [0.15, 0.2) is 12.8 Å². The second-order valence-corrected chi connectivity index (χ2v) is 15.6. The smallest absolute Gasteiger partial charge is 0.407 e. The molecule has 6 amide bonds. The van der Waals surface area contributed by atoms with Crippen LogP contribution in [-0.4, -0.2) is 139 Å². The van der Waals surface area contributed by atoms with Gasteiger partial charge in [-0.1, -0.05) is 6.58 Å². The molecule has 0 aromatic heterocycles. The van der Waals surface area contributed by atoms with Crippen LogP contribution < -0.4 is 21.3 Å². The monoisotopic (exact) mass is 729 g/mol. The molecule has 0 saturated carbocycles. The summed E-state index contributed by atoms with van der Waals surface area (Å²) in [5.74, 6) is -0.825. The molecule has 17 nitrogen and oxygen atoms in total. The summed E-state index contributed by atoms with van der Waals surface area (Å²) in [4.78, 5) is 79.9. The highest BCUT2D eigenvalue weighted by Gasteiger charge is 2.24. The van der Waals surface area contributed by atoms with Crippen LogP contribution in [0.4, 0.5) is 19.2 Å². The van der Waals surface area contributed by atoms with Gasteiger partial charge in [-0.25, -0.2) is 19.2 Å². The van der Waals surface area contributed by atoms with E-state index in [-0.39, 0.29) is 65.4 Å². The van der Waals surface area contributed by atoms with Crippen molar-refractivity contribution in [2.75, 3.05) is 65.4 Å². The Morgan fingerprint density at radius 3 is 0.863 bits per heavy atom. The molecule has 294 valence electrons. The first kappa shape index (κ1) is 46.6. The number of carbonyl (C=O) groups excluding carboxylic acids is 6. The van der Waals surface area contributed by atoms with Crippen LogP contribution in [-0.2, 0) is 28.5 Å². The van der Waals surface area contributed by atoms with Gasteiger partial charge in [-0.05, 0) is 89.3 Å². The van der Waals surface area contributed by atoms with E-state index in [0.717, 1.165) is 0 Å². The summed E-state index contributed by atoms with van der Waals surface area (Å²) in [6, 6.07) is 0. The van der Waals surface area contributed by atoms with Crippen molar-refractivity contribution in [3.63, 3.8) is 0 Å². The zero-order valence-electron chi connectivity index (χ0n) is 32.8. The molecule has 0 heterocycles. The van der Waals surface area contributed by atoms with Crippen molar-refractivity contribution in [3.8, 4) is 0 Å². The van der Waals surface area contributed by atoms with Crippen molar-refractivity contribution in [1.29, 1.82) is 0 Å². The minimum atomic E-state index is -0.709. The topological polar surface area (TPSA) is 197 Å². The number of rotatable bonds is 17. The molecule has 0 aromatic rings. The number of nitrogens with one attached hydrogen (secondary N) is 4. The van der Waals surface area contributed by atoms with E-state index in [9.17, 15) is 28.8 Å². The molecular formula is C34H63N7O10. The van der Waals surface area contributed by atoms with Crippen LogP contribution in [0, 0.1) is 0 Å². The van der Waals surface area contributed by atoms with Gasteiger partial charge in [-0.3, -0.25) is 9.59 Å². The summed E-state index contributed by atoms with van der Waals surface area (Å²) in [6.45, 7) is 24.5. The molecule has 0 aliphatic carbocycles. The Morgan fingerprint density at radius 1 is 0.471 bits per heavy atom. The highest BCUT2D eigenvalue weighted by Crippen LogP contribution is 2.09. The first-order valence-corrected chi connectivity index (χ1v) is 17.0. The molecule has 0 rings (SSSR count). The molecule has 17 heteroatoms. The fourth-order valence-electron chi connectivity index (χ4n) is 3.88. The van der Waals surface area contributed by atoms with Gasteiger partial charge in [0.1, 0.15) is 22.4 Å². The van der Waals surface area contributed by atoms with Crippen molar-refractivity contribution < 1.29 is 47.7 Å². The first-order chi connectivity index (χ1) is 23.2. The number of hydrogen-bond donors (Lipinski definition) is 4. The molecule has 0 atom stereocenters. The third kappa shape index (κ3) is 26.1. The summed E-state index contributed by atoms with van der Waals surface area (Å²) in [7, 11) is 0. The molecule has 0 spiro atoms. The average Bonchev–Trinajstić information content (AvgIpc) is 2.91. The molecule has 0 bridgehead atoms. The Bertz CT molecular complexity index is 1010. The lowest BCUT2D eigenvalue weighted by Gasteiger charge is -2.29. The molecule has 0 saturated heterocycles. The van der Waals surface area contributed by atoms with Crippen molar-refractivity contribution in [2.45, 2.75) is 105 Å². The summed E-state index contributed by atoms with van der Waals surface area (Å²) in [5.41, 5.74) is -2.84. The molecule has 0 aromatic carbocycles. The normalized spacial score (nSPS) is 11.7. The van der Waals surface area contributed by atoms with Crippen molar-refractivity contribution in [2.24, 2.45) is 0 Å². The lowest BCUT2D eigenvalue weighted by molar-refractivity contribution is -0.134. The van der Waals surface area contributed by atoms with Crippen molar-refractivity contribution in [1.82, 2.24) is 36.0 Å². The third-order valence-electron chi connectivity index (χ3n) is 5.84. The fourth-order valence-corrected chi connectivity index (χ4v) is 3.88. The Hall–Kier alpha value is -4.44. The molecule has 0 aliphatic rings. The summed E-state index contributed by atoms with van der Waals surface area (Å²) in [5, 5.41) is 10.4. The number of alkyl carbamates (subject to hydrolysis) is 4. The largest absolute Gasteiger partial charge is 0.444 e. The third-order valence-corrected chi connectivity index (χ3v) is 5.84. The quantitative estimate of drug-likeness (QED) is 0.161. The van der Waals surface area contributed by atoms with E-state index >= 15 is 0 Å². The van der Waals surface area contributed by atoms with Crippen molar-refractivity contribution in [3.05, 3.63) is 12.8 Å². The Kier molecular flexibility index (Phi) is 19.2. The highest BCUT2D eigenvalue weighted by molar-refractivity contribution is 5.82. The van der Waals surface area contributed by atoms with Gasteiger partial charge in [0.25, 0.3) is 0 Å². The summed E-state index contributed by atoms with van der Waals surface area (Å²) in [6.07, 6.45) is -1.25. The number of carbonyl (C=O) groups is 6. The van der Waals surface area contributed by atoms with E-state index in [0.29, 0.717) is 0 Å². The maximum atomic E-state index is 13.5. The van der Waals surface area contributed by atoms with Crippen LogP contribution in [0.3, 0.4) is 0 Å². The van der Waals surface area contributed by atoms with Crippen LogP contribution in [0.1, 0.15) is 83.1 Å². The minimum absolute atomic E-state index is 0.0587. The maximum absolute atomic E-state index is 13.5. The van der Waals surface area contributed by atoms with Gasteiger partial charge in [0, 0.05) is 52.4 Å². The van der Waals surface area contributed by atoms with Gasteiger partial charge in [0.05, 0.1) is 13.1 Å². The maximum Gasteiger partial charge on any atom is 0.407 e. The zero-order chi connectivity index (χ0) is 39.6. The van der Waals surface area contributed by atoms with E-state index < -0.39 is 58.6 Å². The predicted molar refractivity (Wildman–Crippen MR) is 192 cm³/mol. The molecular weight excluding hydrogens is 666 g/mol. The molecule has 0 fully saturated rings. The van der Waals surface area contributed by atoms with E-state index in [1.807, 2.05) is 0 Å². The van der Waals surface area contributed by atoms with Gasteiger partial charge in [0.15, 0.2) is 0 Å². The number of amides is 6. The standard InChI is InChI=1S/C34H63N7O10/c1-14-39(23-25(42)40(19-15-35-27(44)48-31(2,3)4)20-16-36-28(45)49-32(5,6)7)24-26(43)41(21-17-37-29(46)50-33(8,9)10)22-18-38-30(47)51-34(11,12)13/h14H,1,15-24H2,2-13H3,(H,35,44)(H,36,45)(H,37,46)(H,38,47). The Labute approximate surface area is 303 Å². The van der Waals surface area contributed by atoms with Gasteiger partial charge in [-0.15, -0.1) is 0 Å². The van der Waals surface area contributed by atoms with Gasteiger partial charge >= 0.3 is 24.4 Å². The van der Waals surface area contributed by atoms with Gasteiger partial charge < -0.3 is 54.9 Å². The molecule has 4 N–H and O–H groups in total. The van der Waals surface area contributed by atoms with Gasteiger partial charge in [-0.2, -0.15) is 0 Å². The minimum Gasteiger partial charge on any atom is -0.444 e. The lowest BCUT2D eigenvalue weighted by Crippen LogP contribution is -2.49. The molecule has 0 aliphatic heterocycles. The second-order valence-electron chi connectivity index (χ2n) is 15.6.